The predicted octanol–water partition coefficient (Wildman–Crippen LogP) is 1.40. The fraction of sp³-hybridized carbons (Fsp3) is 0.222. The first-order chi connectivity index (χ1) is 6.53. The average Bonchev–Trinajstić information content (AvgIpc) is 2.14. The minimum atomic E-state index is -4.46. The van der Waals surface area contributed by atoms with Crippen LogP contribution in [-0.4, -0.2) is 14.2 Å². The second kappa shape index (κ2) is 4.20. The first-order valence-corrected chi connectivity index (χ1v) is 5.48. The Balaban J connectivity index is 2.83. The summed E-state index contributed by atoms with van der Waals surface area (Å²) in [5.41, 5.74) is 0.937. The van der Waals surface area contributed by atoms with E-state index in [1.54, 1.807) is 24.3 Å². The molecular formula is C9H8FNO2S. The van der Waals surface area contributed by atoms with Gasteiger partial charge in [-0.05, 0) is 18.1 Å². The molecule has 0 atom stereocenters. The molecular weight excluding hydrogens is 205 g/mol. The van der Waals surface area contributed by atoms with Crippen molar-refractivity contribution >= 4 is 10.2 Å². The van der Waals surface area contributed by atoms with E-state index in [0.29, 0.717) is 11.1 Å². The molecule has 1 aromatic rings. The number of rotatable bonds is 3. The smallest absolute Gasteiger partial charge is 0.195 e. The molecule has 5 heteroatoms. The summed E-state index contributed by atoms with van der Waals surface area (Å²) in [6.45, 7) is 0. The quantitative estimate of drug-likeness (QED) is 0.713. The predicted molar refractivity (Wildman–Crippen MR) is 49.8 cm³/mol. The van der Waals surface area contributed by atoms with Crippen LogP contribution in [0.2, 0.25) is 0 Å². The van der Waals surface area contributed by atoms with E-state index in [4.69, 9.17) is 5.26 Å². The van der Waals surface area contributed by atoms with Gasteiger partial charge in [0.25, 0.3) is 0 Å². The van der Waals surface area contributed by atoms with E-state index in [0.717, 1.165) is 0 Å². The Hall–Kier alpha value is -1.41. The van der Waals surface area contributed by atoms with E-state index >= 15 is 0 Å². The molecule has 1 aromatic carbocycles. The molecule has 0 bridgehead atoms. The first kappa shape index (κ1) is 10.7. The molecule has 0 N–H and O–H groups in total. The van der Waals surface area contributed by atoms with E-state index in [-0.39, 0.29) is 6.42 Å². The lowest BCUT2D eigenvalue weighted by molar-refractivity contribution is 0.551. The van der Waals surface area contributed by atoms with Gasteiger partial charge in [0.1, 0.15) is 0 Å². The molecule has 0 aliphatic heterocycles. The van der Waals surface area contributed by atoms with E-state index in [9.17, 15) is 12.3 Å². The zero-order chi connectivity index (χ0) is 10.6. The highest BCUT2D eigenvalue weighted by Gasteiger charge is 2.09. The molecule has 0 radical (unpaired) electrons. The molecule has 0 spiro atoms. The molecule has 0 amide bonds. The Kier molecular flexibility index (Phi) is 3.20. The van der Waals surface area contributed by atoms with Crippen LogP contribution in [0.15, 0.2) is 24.3 Å². The van der Waals surface area contributed by atoms with E-state index < -0.39 is 16.0 Å². The standard InChI is InChI=1S/C9H8FNO2S/c10-14(12,13)6-5-8-3-1-2-4-9(8)7-11/h1-4H,5-6H2. The van der Waals surface area contributed by atoms with Crippen LogP contribution in [0.3, 0.4) is 0 Å². The fourth-order valence-electron chi connectivity index (χ4n) is 1.08. The van der Waals surface area contributed by atoms with Gasteiger partial charge in [0.05, 0.1) is 17.4 Å². The van der Waals surface area contributed by atoms with Gasteiger partial charge in [-0.3, -0.25) is 0 Å². The lowest BCUT2D eigenvalue weighted by Crippen LogP contribution is -2.03. The molecule has 0 aliphatic rings. The fourth-order valence-corrected chi connectivity index (χ4v) is 1.54. The molecule has 14 heavy (non-hydrogen) atoms. The maximum atomic E-state index is 12.2. The van der Waals surface area contributed by atoms with Crippen molar-refractivity contribution in [3.8, 4) is 6.07 Å². The Bertz CT molecular complexity index is 462. The number of hydrogen-bond acceptors (Lipinski definition) is 3. The van der Waals surface area contributed by atoms with Crippen molar-refractivity contribution in [2.75, 3.05) is 5.75 Å². The third-order valence-electron chi connectivity index (χ3n) is 1.75. The number of aryl methyl sites for hydroxylation is 1. The van der Waals surface area contributed by atoms with Crippen LogP contribution >= 0.6 is 0 Å². The number of hydrogen-bond donors (Lipinski definition) is 0. The highest BCUT2D eigenvalue weighted by molar-refractivity contribution is 7.86. The summed E-state index contributed by atoms with van der Waals surface area (Å²) in [5, 5.41) is 8.65. The summed E-state index contributed by atoms with van der Waals surface area (Å²) in [7, 11) is -4.46. The van der Waals surface area contributed by atoms with Gasteiger partial charge in [0.15, 0.2) is 0 Å². The minimum Gasteiger partial charge on any atom is -0.195 e. The second-order valence-corrected chi connectivity index (χ2v) is 4.25. The number of nitriles is 1. The molecule has 74 valence electrons. The normalized spacial score (nSPS) is 10.9. The van der Waals surface area contributed by atoms with E-state index in [1.807, 2.05) is 6.07 Å². The van der Waals surface area contributed by atoms with E-state index in [1.165, 1.54) is 0 Å². The Morgan fingerprint density at radius 3 is 2.57 bits per heavy atom. The van der Waals surface area contributed by atoms with Crippen LogP contribution in [0, 0.1) is 11.3 Å². The third kappa shape index (κ3) is 3.15. The van der Waals surface area contributed by atoms with Crippen LogP contribution < -0.4 is 0 Å². The lowest BCUT2D eigenvalue weighted by atomic mass is 10.1. The SMILES string of the molecule is N#Cc1ccccc1CCS(=O)(=O)F. The van der Waals surface area contributed by atoms with Gasteiger partial charge in [-0.2, -0.15) is 13.7 Å². The van der Waals surface area contributed by atoms with Gasteiger partial charge in [-0.25, -0.2) is 0 Å². The largest absolute Gasteiger partial charge is 0.302 e. The molecule has 1 rings (SSSR count). The summed E-state index contributed by atoms with van der Waals surface area (Å²) in [5.74, 6) is -0.578. The molecule has 0 aromatic heterocycles. The summed E-state index contributed by atoms with van der Waals surface area (Å²) in [4.78, 5) is 0. The van der Waals surface area contributed by atoms with Crippen molar-refractivity contribution in [3.63, 3.8) is 0 Å². The van der Waals surface area contributed by atoms with Gasteiger partial charge in [-0.1, -0.05) is 18.2 Å². The molecule has 3 nitrogen and oxygen atoms in total. The number of halogens is 1. The van der Waals surface area contributed by atoms with Crippen LogP contribution in [0.1, 0.15) is 11.1 Å². The monoisotopic (exact) mass is 213 g/mol. The van der Waals surface area contributed by atoms with Crippen molar-refractivity contribution in [2.45, 2.75) is 6.42 Å². The summed E-state index contributed by atoms with van der Waals surface area (Å²) in [6.07, 6.45) is 0.0303. The molecule has 0 heterocycles. The molecule has 0 saturated heterocycles. The molecule has 0 fully saturated rings. The summed E-state index contributed by atoms with van der Waals surface area (Å²) in [6, 6.07) is 8.45. The highest BCUT2D eigenvalue weighted by atomic mass is 32.3. The summed E-state index contributed by atoms with van der Waals surface area (Å²) >= 11 is 0. The highest BCUT2D eigenvalue weighted by Crippen LogP contribution is 2.09. The topological polar surface area (TPSA) is 57.9 Å². The maximum Gasteiger partial charge on any atom is 0.302 e. The number of benzene rings is 1. The Morgan fingerprint density at radius 1 is 1.36 bits per heavy atom. The number of nitrogens with zero attached hydrogens (tertiary/aromatic N) is 1. The van der Waals surface area contributed by atoms with Gasteiger partial charge in [-0.15, -0.1) is 3.89 Å². The van der Waals surface area contributed by atoms with Crippen molar-refractivity contribution in [3.05, 3.63) is 35.4 Å². The van der Waals surface area contributed by atoms with Crippen LogP contribution in [0.5, 0.6) is 0 Å². The van der Waals surface area contributed by atoms with Crippen molar-refractivity contribution < 1.29 is 12.3 Å². The van der Waals surface area contributed by atoms with Gasteiger partial charge < -0.3 is 0 Å². The zero-order valence-corrected chi connectivity index (χ0v) is 8.09. The maximum absolute atomic E-state index is 12.2. The third-order valence-corrected chi connectivity index (χ3v) is 2.44. The van der Waals surface area contributed by atoms with Crippen LogP contribution in [-0.2, 0) is 16.6 Å². The molecule has 0 aliphatic carbocycles. The molecule has 0 saturated carbocycles. The van der Waals surface area contributed by atoms with Gasteiger partial charge >= 0.3 is 10.2 Å². The molecule has 0 unspecified atom stereocenters. The zero-order valence-electron chi connectivity index (χ0n) is 7.27. The van der Waals surface area contributed by atoms with Crippen molar-refractivity contribution in [1.82, 2.24) is 0 Å². The van der Waals surface area contributed by atoms with Gasteiger partial charge in [0, 0.05) is 0 Å². The van der Waals surface area contributed by atoms with Crippen LogP contribution in [0.25, 0.3) is 0 Å². The summed E-state index contributed by atoms with van der Waals surface area (Å²) < 4.78 is 32.7. The van der Waals surface area contributed by atoms with E-state index in [2.05, 4.69) is 0 Å². The lowest BCUT2D eigenvalue weighted by Gasteiger charge is -2.00. The Labute approximate surface area is 82.0 Å². The van der Waals surface area contributed by atoms with Crippen LogP contribution in [0.4, 0.5) is 3.89 Å². The minimum absolute atomic E-state index is 0.0303. The van der Waals surface area contributed by atoms with Gasteiger partial charge in [0.2, 0.25) is 0 Å². The Morgan fingerprint density at radius 2 is 2.00 bits per heavy atom. The second-order valence-electron chi connectivity index (χ2n) is 2.76. The average molecular weight is 213 g/mol. The van der Waals surface area contributed by atoms with Crippen molar-refractivity contribution in [1.29, 1.82) is 5.26 Å². The first-order valence-electron chi connectivity index (χ1n) is 3.93. The van der Waals surface area contributed by atoms with Crippen molar-refractivity contribution in [2.24, 2.45) is 0 Å².